The molecule has 9 aromatic carbocycles. The molecule has 2 aromatic heterocycles. The summed E-state index contributed by atoms with van der Waals surface area (Å²) in [5.41, 5.74) is 18.1. The van der Waals surface area contributed by atoms with Gasteiger partial charge in [-0.05, 0) is 159 Å². The topological polar surface area (TPSA) is 51.8 Å². The molecule has 4 fully saturated rings. The number of hydrogen-bond acceptors (Lipinski definition) is 4. The van der Waals surface area contributed by atoms with Crippen LogP contribution >= 0.6 is 0 Å². The van der Waals surface area contributed by atoms with Crippen LogP contribution in [0.5, 0.6) is 0 Å². The van der Waals surface area contributed by atoms with E-state index in [1.807, 2.05) is 24.3 Å². The molecule has 0 unspecified atom stereocenters. The first-order valence-corrected chi connectivity index (χ1v) is 24.8. The van der Waals surface area contributed by atoms with Gasteiger partial charge in [-0.1, -0.05) is 164 Å². The number of nitrogens with zero attached hydrogens (tertiary/aromatic N) is 3. The molecule has 1 spiro atoms. The zero-order valence-corrected chi connectivity index (χ0v) is 38.1. The van der Waals surface area contributed by atoms with Crippen molar-refractivity contribution in [2.24, 2.45) is 23.7 Å². The number of fused-ring (bicyclic) bond motifs is 7. The first kappa shape index (κ1) is 39.1. The van der Waals surface area contributed by atoms with Crippen LogP contribution in [0.4, 0.5) is 0 Å². The molecule has 0 N–H and O–H groups in total. The van der Waals surface area contributed by atoms with E-state index in [1.54, 1.807) is 11.1 Å². The maximum absolute atomic E-state index is 6.51. The SMILES string of the molecule is c1ccc(-c2ccc(-c3nc(-c4ccccc4)nc(-c4ccc5cc(-c6cc(-c7cccc8oc9ccccc9c78)cc7c6-c6ccccc6C76C7CC8CC(C7)CC6C8)ccc5c4)n3)cc2)cc1. The van der Waals surface area contributed by atoms with Gasteiger partial charge in [0, 0.05) is 32.9 Å². The normalized spacial score (nSPS) is 20.8. The Balaban J connectivity index is 0.893. The molecule has 2 heterocycles. The second kappa shape index (κ2) is 15.0. The van der Waals surface area contributed by atoms with E-state index in [2.05, 4.69) is 176 Å². The van der Waals surface area contributed by atoms with Gasteiger partial charge in [0.25, 0.3) is 0 Å². The predicted molar refractivity (Wildman–Crippen MR) is 280 cm³/mol. The van der Waals surface area contributed by atoms with Crippen LogP contribution in [-0.2, 0) is 5.41 Å². The highest BCUT2D eigenvalue weighted by atomic mass is 16.3. The second-order valence-electron chi connectivity index (χ2n) is 20.3. The molecule has 4 nitrogen and oxygen atoms in total. The minimum absolute atomic E-state index is 0.0220. The molecule has 4 saturated carbocycles. The maximum Gasteiger partial charge on any atom is 0.164 e. The molecule has 0 atom stereocenters. The molecule has 5 aliphatic carbocycles. The highest BCUT2D eigenvalue weighted by molar-refractivity contribution is 6.13. The van der Waals surface area contributed by atoms with Crippen molar-refractivity contribution >= 4 is 32.7 Å². The fraction of sp³-hybridized carbons (Fsp3) is 0.154. The van der Waals surface area contributed by atoms with Gasteiger partial charge in [0.05, 0.1) is 0 Å². The number of para-hydroxylation sites is 1. The molecule has 16 rings (SSSR count). The molecule has 0 saturated heterocycles. The Labute approximate surface area is 401 Å². The van der Waals surface area contributed by atoms with Crippen LogP contribution in [0.25, 0.3) is 111 Å². The van der Waals surface area contributed by atoms with Gasteiger partial charge >= 0.3 is 0 Å². The van der Waals surface area contributed by atoms with Crippen LogP contribution in [0.15, 0.2) is 205 Å². The van der Waals surface area contributed by atoms with Gasteiger partial charge in [-0.2, -0.15) is 0 Å². The summed E-state index contributed by atoms with van der Waals surface area (Å²) in [4.78, 5) is 15.3. The maximum atomic E-state index is 6.51. The van der Waals surface area contributed by atoms with E-state index in [9.17, 15) is 0 Å². The van der Waals surface area contributed by atoms with Gasteiger partial charge in [0.2, 0.25) is 0 Å². The Bertz CT molecular complexity index is 3820. The summed E-state index contributed by atoms with van der Waals surface area (Å²) >= 11 is 0. The smallest absolute Gasteiger partial charge is 0.164 e. The fourth-order valence-electron chi connectivity index (χ4n) is 14.0. The average Bonchev–Trinajstić information content (AvgIpc) is 3.94. The van der Waals surface area contributed by atoms with Crippen LogP contribution < -0.4 is 0 Å². The zero-order chi connectivity index (χ0) is 45.2. The Morgan fingerprint density at radius 2 is 0.899 bits per heavy atom. The lowest BCUT2D eigenvalue weighted by Crippen LogP contribution is -2.55. The summed E-state index contributed by atoms with van der Waals surface area (Å²) in [5, 5.41) is 4.69. The molecule has 11 aromatic rings. The van der Waals surface area contributed by atoms with E-state index in [-0.39, 0.29) is 5.41 Å². The van der Waals surface area contributed by atoms with Crippen LogP contribution in [0, 0.1) is 23.7 Å². The Hall–Kier alpha value is -7.95. The highest BCUT2D eigenvalue weighted by Crippen LogP contribution is 2.70. The molecule has 4 bridgehead atoms. The van der Waals surface area contributed by atoms with Crippen molar-refractivity contribution < 1.29 is 4.42 Å². The van der Waals surface area contributed by atoms with E-state index in [0.29, 0.717) is 29.3 Å². The summed E-state index contributed by atoms with van der Waals surface area (Å²) in [6, 6.07) is 72.8. The van der Waals surface area contributed by atoms with Gasteiger partial charge in [0.1, 0.15) is 11.2 Å². The fourth-order valence-corrected chi connectivity index (χ4v) is 14.0. The second-order valence-corrected chi connectivity index (χ2v) is 20.3. The summed E-state index contributed by atoms with van der Waals surface area (Å²) in [5.74, 6) is 5.02. The summed E-state index contributed by atoms with van der Waals surface area (Å²) in [6.45, 7) is 0. The number of aromatic nitrogens is 3. The third kappa shape index (κ3) is 5.97. The molecule has 0 radical (unpaired) electrons. The van der Waals surface area contributed by atoms with Crippen LogP contribution in [0.3, 0.4) is 0 Å². The molecular formula is C65H47N3O. The first-order valence-electron chi connectivity index (χ1n) is 24.8. The third-order valence-electron chi connectivity index (χ3n) is 16.7. The molecule has 69 heavy (non-hydrogen) atoms. The lowest BCUT2D eigenvalue weighted by Gasteiger charge is -2.61. The van der Waals surface area contributed by atoms with Crippen LogP contribution in [0.1, 0.15) is 43.2 Å². The van der Waals surface area contributed by atoms with E-state index in [1.165, 1.54) is 87.2 Å². The Kier molecular flexibility index (Phi) is 8.51. The van der Waals surface area contributed by atoms with Crippen molar-refractivity contribution in [1.29, 1.82) is 0 Å². The summed E-state index contributed by atoms with van der Waals surface area (Å²) < 4.78 is 6.51. The molecule has 328 valence electrons. The monoisotopic (exact) mass is 885 g/mol. The van der Waals surface area contributed by atoms with Crippen molar-refractivity contribution in [1.82, 2.24) is 15.0 Å². The van der Waals surface area contributed by atoms with Crippen molar-refractivity contribution in [2.75, 3.05) is 0 Å². The van der Waals surface area contributed by atoms with E-state index >= 15 is 0 Å². The van der Waals surface area contributed by atoms with E-state index in [0.717, 1.165) is 50.6 Å². The van der Waals surface area contributed by atoms with Crippen molar-refractivity contribution in [3.05, 3.63) is 211 Å². The Morgan fingerprint density at radius 3 is 1.64 bits per heavy atom. The van der Waals surface area contributed by atoms with E-state index in [4.69, 9.17) is 19.4 Å². The van der Waals surface area contributed by atoms with Crippen LogP contribution in [0.2, 0.25) is 0 Å². The van der Waals surface area contributed by atoms with Gasteiger partial charge in [0.15, 0.2) is 17.5 Å². The number of rotatable bonds is 6. The van der Waals surface area contributed by atoms with E-state index < -0.39 is 0 Å². The lowest BCUT2D eigenvalue weighted by atomic mass is 9.43. The van der Waals surface area contributed by atoms with Crippen molar-refractivity contribution in [3.63, 3.8) is 0 Å². The standard InChI is InChI=1S/C65H47N3O/c1-3-12-41(13-4-1)42-22-24-44(25-23-42)63-66-62(43-14-5-2-6-15-43)67-64(68-63)48-29-27-45-35-47(28-26-46(45)36-48)55-37-49(52-18-11-21-59-61(52)54-17-8-10-20-58(54)69-59)38-57-60(55)53-16-7-9-19-56(53)65(57)50-31-39-30-40(33-50)34-51(65)32-39/h1-29,35-40,50-51H,30-34H2. The summed E-state index contributed by atoms with van der Waals surface area (Å²) in [6.07, 6.45) is 6.81. The number of hydrogen-bond donors (Lipinski definition) is 0. The van der Waals surface area contributed by atoms with Crippen LogP contribution in [-0.4, -0.2) is 15.0 Å². The lowest BCUT2D eigenvalue weighted by molar-refractivity contribution is -0.0399. The number of furan rings is 1. The van der Waals surface area contributed by atoms with Gasteiger partial charge in [-0.3, -0.25) is 0 Å². The van der Waals surface area contributed by atoms with Gasteiger partial charge in [-0.15, -0.1) is 0 Å². The zero-order valence-electron chi connectivity index (χ0n) is 38.1. The molecule has 5 aliphatic rings. The highest BCUT2D eigenvalue weighted by Gasteiger charge is 2.62. The Morgan fingerprint density at radius 1 is 0.362 bits per heavy atom. The van der Waals surface area contributed by atoms with Crippen molar-refractivity contribution in [3.8, 4) is 78.7 Å². The molecule has 4 heteroatoms. The third-order valence-corrected chi connectivity index (χ3v) is 16.7. The predicted octanol–water partition coefficient (Wildman–Crippen LogP) is 16.6. The van der Waals surface area contributed by atoms with Gasteiger partial charge in [-0.25, -0.2) is 15.0 Å². The number of benzene rings is 9. The molecule has 0 amide bonds. The average molecular weight is 886 g/mol. The first-order chi connectivity index (χ1) is 34.1. The molecule has 0 aliphatic heterocycles. The largest absolute Gasteiger partial charge is 0.456 e. The minimum Gasteiger partial charge on any atom is -0.456 e. The van der Waals surface area contributed by atoms with Gasteiger partial charge < -0.3 is 4.42 Å². The molecular weight excluding hydrogens is 839 g/mol. The quantitative estimate of drug-likeness (QED) is 0.167. The minimum atomic E-state index is 0.0220. The van der Waals surface area contributed by atoms with Crippen molar-refractivity contribution in [2.45, 2.75) is 37.5 Å². The summed E-state index contributed by atoms with van der Waals surface area (Å²) in [7, 11) is 0.